The molecule has 0 saturated heterocycles. The van der Waals surface area contributed by atoms with Crippen LogP contribution in [0.3, 0.4) is 0 Å². The third kappa shape index (κ3) is 4.13. The lowest BCUT2D eigenvalue weighted by Crippen LogP contribution is -2.27. The van der Waals surface area contributed by atoms with Crippen LogP contribution in [0, 0.1) is 0 Å². The summed E-state index contributed by atoms with van der Waals surface area (Å²) in [6, 6.07) is 21.6. The van der Waals surface area contributed by atoms with Crippen LogP contribution in [-0.4, -0.2) is 6.04 Å². The molecule has 0 saturated carbocycles. The highest BCUT2D eigenvalue weighted by Gasteiger charge is 2.14. The standard InChI is InChI=1S/C16H19N.C2H6/c1-3-14(2)17(15-10-6-4-7-11-15)16-12-8-5-9-13-16;1-2/h4-14H,3H2,1-2H3;1-2H3. The maximum atomic E-state index is 2.39. The molecule has 2 aromatic rings. The minimum absolute atomic E-state index is 0.500. The molecule has 0 aliphatic heterocycles. The van der Waals surface area contributed by atoms with Crippen molar-refractivity contribution < 1.29 is 0 Å². The summed E-state index contributed by atoms with van der Waals surface area (Å²) in [6.45, 7) is 8.49. The fourth-order valence-corrected chi connectivity index (χ4v) is 2.02. The van der Waals surface area contributed by atoms with Gasteiger partial charge in [0.2, 0.25) is 0 Å². The van der Waals surface area contributed by atoms with Crippen LogP contribution in [0.4, 0.5) is 11.4 Å². The van der Waals surface area contributed by atoms with E-state index in [-0.39, 0.29) is 0 Å². The number of anilines is 2. The maximum absolute atomic E-state index is 2.39. The summed E-state index contributed by atoms with van der Waals surface area (Å²) in [6.07, 6.45) is 1.13. The molecule has 102 valence electrons. The summed E-state index contributed by atoms with van der Waals surface area (Å²) < 4.78 is 0. The van der Waals surface area contributed by atoms with Crippen LogP contribution in [-0.2, 0) is 0 Å². The number of benzene rings is 2. The van der Waals surface area contributed by atoms with E-state index in [0.29, 0.717) is 6.04 Å². The lowest BCUT2D eigenvalue weighted by atomic mass is 10.1. The smallest absolute Gasteiger partial charge is 0.0413 e. The molecular formula is C18H25N. The molecule has 0 bridgehead atoms. The van der Waals surface area contributed by atoms with E-state index in [1.54, 1.807) is 0 Å². The van der Waals surface area contributed by atoms with Gasteiger partial charge < -0.3 is 4.90 Å². The minimum Gasteiger partial charge on any atom is -0.339 e. The molecule has 1 atom stereocenters. The first-order valence-electron chi connectivity index (χ1n) is 7.22. The van der Waals surface area contributed by atoms with E-state index in [9.17, 15) is 0 Å². The minimum atomic E-state index is 0.500. The quantitative estimate of drug-likeness (QED) is 0.682. The second-order valence-electron chi connectivity index (χ2n) is 4.30. The topological polar surface area (TPSA) is 3.24 Å². The number of hydrogen-bond donors (Lipinski definition) is 0. The molecule has 0 fully saturated rings. The van der Waals surface area contributed by atoms with Gasteiger partial charge in [0, 0.05) is 17.4 Å². The fraction of sp³-hybridized carbons (Fsp3) is 0.333. The first-order valence-corrected chi connectivity index (χ1v) is 7.22. The maximum Gasteiger partial charge on any atom is 0.0413 e. The van der Waals surface area contributed by atoms with E-state index in [4.69, 9.17) is 0 Å². The van der Waals surface area contributed by atoms with Crippen molar-refractivity contribution in [2.75, 3.05) is 4.90 Å². The highest BCUT2D eigenvalue weighted by Crippen LogP contribution is 2.28. The summed E-state index contributed by atoms with van der Waals surface area (Å²) in [5.41, 5.74) is 2.51. The molecule has 1 unspecified atom stereocenters. The van der Waals surface area contributed by atoms with Crippen LogP contribution >= 0.6 is 0 Å². The van der Waals surface area contributed by atoms with E-state index in [1.807, 2.05) is 13.8 Å². The lowest BCUT2D eigenvalue weighted by molar-refractivity contribution is 0.688. The molecule has 1 nitrogen and oxygen atoms in total. The van der Waals surface area contributed by atoms with Crippen LogP contribution in [0.5, 0.6) is 0 Å². The van der Waals surface area contributed by atoms with Gasteiger partial charge in [0.25, 0.3) is 0 Å². The molecule has 0 radical (unpaired) electrons. The zero-order valence-corrected chi connectivity index (χ0v) is 12.5. The average molecular weight is 255 g/mol. The van der Waals surface area contributed by atoms with Crippen molar-refractivity contribution >= 4 is 11.4 Å². The Morgan fingerprint density at radius 1 is 0.789 bits per heavy atom. The summed E-state index contributed by atoms with van der Waals surface area (Å²) in [4.78, 5) is 2.39. The molecule has 0 N–H and O–H groups in total. The van der Waals surface area contributed by atoms with Crippen LogP contribution in [0.2, 0.25) is 0 Å². The Kier molecular flexibility index (Phi) is 6.73. The van der Waals surface area contributed by atoms with Gasteiger partial charge in [-0.1, -0.05) is 57.2 Å². The number of nitrogens with zero attached hydrogens (tertiary/aromatic N) is 1. The molecular weight excluding hydrogens is 230 g/mol. The van der Waals surface area contributed by atoms with E-state index < -0.39 is 0 Å². The fourth-order valence-electron chi connectivity index (χ4n) is 2.02. The Hall–Kier alpha value is -1.76. The summed E-state index contributed by atoms with van der Waals surface area (Å²) >= 11 is 0. The molecule has 0 spiro atoms. The SMILES string of the molecule is CC.CCC(C)N(c1ccccc1)c1ccccc1. The highest BCUT2D eigenvalue weighted by molar-refractivity contribution is 5.63. The van der Waals surface area contributed by atoms with Gasteiger partial charge in [0.15, 0.2) is 0 Å². The second kappa shape index (κ2) is 8.36. The van der Waals surface area contributed by atoms with Gasteiger partial charge in [-0.2, -0.15) is 0 Å². The van der Waals surface area contributed by atoms with Gasteiger partial charge in [0.1, 0.15) is 0 Å². The monoisotopic (exact) mass is 255 g/mol. The predicted octanol–water partition coefficient (Wildman–Crippen LogP) is 5.65. The molecule has 0 amide bonds. The van der Waals surface area contributed by atoms with Crippen molar-refractivity contribution in [1.82, 2.24) is 0 Å². The molecule has 19 heavy (non-hydrogen) atoms. The largest absolute Gasteiger partial charge is 0.339 e. The highest BCUT2D eigenvalue weighted by atomic mass is 15.2. The van der Waals surface area contributed by atoms with Crippen molar-refractivity contribution in [3.8, 4) is 0 Å². The van der Waals surface area contributed by atoms with E-state index in [1.165, 1.54) is 11.4 Å². The Bertz CT molecular complexity index is 396. The van der Waals surface area contributed by atoms with Crippen molar-refractivity contribution in [3.63, 3.8) is 0 Å². The first kappa shape index (κ1) is 15.3. The summed E-state index contributed by atoms with van der Waals surface area (Å²) in [5, 5.41) is 0. The predicted molar refractivity (Wildman–Crippen MR) is 86.1 cm³/mol. The third-order valence-electron chi connectivity index (χ3n) is 3.10. The summed E-state index contributed by atoms with van der Waals surface area (Å²) in [5.74, 6) is 0. The van der Waals surface area contributed by atoms with Crippen LogP contribution in [0.25, 0.3) is 0 Å². The Balaban J connectivity index is 0.000000861. The van der Waals surface area contributed by atoms with Crippen molar-refractivity contribution in [1.29, 1.82) is 0 Å². The molecule has 2 rings (SSSR count). The molecule has 0 aliphatic carbocycles. The molecule has 0 aliphatic rings. The molecule has 0 heterocycles. The first-order chi connectivity index (χ1) is 9.33. The normalized spacial score (nSPS) is 11.2. The van der Waals surface area contributed by atoms with Crippen molar-refractivity contribution in [2.24, 2.45) is 0 Å². The molecule has 1 heteroatoms. The Labute approximate surface area is 117 Å². The van der Waals surface area contributed by atoms with Gasteiger partial charge in [-0.3, -0.25) is 0 Å². The second-order valence-corrected chi connectivity index (χ2v) is 4.30. The zero-order valence-electron chi connectivity index (χ0n) is 12.5. The van der Waals surface area contributed by atoms with Crippen LogP contribution < -0.4 is 4.90 Å². The number of hydrogen-bond acceptors (Lipinski definition) is 1. The van der Waals surface area contributed by atoms with Crippen LogP contribution in [0.15, 0.2) is 60.7 Å². The Morgan fingerprint density at radius 2 is 1.16 bits per heavy atom. The number of para-hydroxylation sites is 2. The van der Waals surface area contributed by atoms with Gasteiger partial charge in [-0.05, 0) is 37.6 Å². The summed E-state index contributed by atoms with van der Waals surface area (Å²) in [7, 11) is 0. The third-order valence-corrected chi connectivity index (χ3v) is 3.10. The van der Waals surface area contributed by atoms with Crippen LogP contribution in [0.1, 0.15) is 34.1 Å². The zero-order chi connectivity index (χ0) is 14.1. The number of rotatable bonds is 4. The lowest BCUT2D eigenvalue weighted by Gasteiger charge is -2.30. The van der Waals surface area contributed by atoms with E-state index in [0.717, 1.165) is 6.42 Å². The van der Waals surface area contributed by atoms with Gasteiger partial charge in [0.05, 0.1) is 0 Å². The Morgan fingerprint density at radius 3 is 1.47 bits per heavy atom. The molecule has 2 aromatic carbocycles. The van der Waals surface area contributed by atoms with Gasteiger partial charge >= 0.3 is 0 Å². The average Bonchev–Trinajstić information content (AvgIpc) is 2.51. The van der Waals surface area contributed by atoms with E-state index in [2.05, 4.69) is 79.4 Å². The van der Waals surface area contributed by atoms with Crippen molar-refractivity contribution in [3.05, 3.63) is 60.7 Å². The van der Waals surface area contributed by atoms with Gasteiger partial charge in [-0.15, -0.1) is 0 Å². The molecule has 0 aromatic heterocycles. The van der Waals surface area contributed by atoms with Crippen molar-refractivity contribution in [2.45, 2.75) is 40.2 Å². The van der Waals surface area contributed by atoms with Gasteiger partial charge in [-0.25, -0.2) is 0 Å². The van der Waals surface area contributed by atoms with E-state index >= 15 is 0 Å².